The molecule has 1 aromatic rings. The first kappa shape index (κ1) is 19.2. The number of amides is 2. The zero-order chi connectivity index (χ0) is 17.7. The average molecular weight is 339 g/mol. The fraction of sp³-hybridized carbons (Fsp3) is 0.562. The molecule has 1 aromatic heterocycles. The third-order valence-electron chi connectivity index (χ3n) is 2.58. The van der Waals surface area contributed by atoms with Gasteiger partial charge in [-0.1, -0.05) is 0 Å². The zero-order valence-corrected chi connectivity index (χ0v) is 15.3. The Labute approximate surface area is 141 Å². The number of thiazole rings is 1. The second-order valence-corrected chi connectivity index (χ2v) is 7.92. The van der Waals surface area contributed by atoms with E-state index in [9.17, 15) is 9.59 Å². The lowest BCUT2D eigenvalue weighted by atomic mass is 10.1. The van der Waals surface area contributed by atoms with Crippen molar-refractivity contribution in [3.63, 3.8) is 0 Å². The van der Waals surface area contributed by atoms with Gasteiger partial charge >= 0.3 is 6.09 Å². The Bertz CT molecular complexity index is 586. The van der Waals surface area contributed by atoms with Crippen LogP contribution in [-0.2, 0) is 9.53 Å². The number of rotatable bonds is 5. The van der Waals surface area contributed by atoms with Crippen LogP contribution in [-0.4, -0.2) is 34.7 Å². The highest BCUT2D eigenvalue weighted by Gasteiger charge is 2.22. The van der Waals surface area contributed by atoms with Crippen molar-refractivity contribution in [2.75, 3.05) is 6.54 Å². The van der Waals surface area contributed by atoms with Gasteiger partial charge in [0.25, 0.3) is 0 Å². The van der Waals surface area contributed by atoms with E-state index in [0.717, 1.165) is 10.7 Å². The van der Waals surface area contributed by atoms with Gasteiger partial charge in [-0.2, -0.15) is 0 Å². The Kier molecular flexibility index (Phi) is 6.32. The molecule has 6 nitrogen and oxygen atoms in total. The van der Waals surface area contributed by atoms with Crippen molar-refractivity contribution < 1.29 is 14.3 Å². The van der Waals surface area contributed by atoms with Crippen molar-refractivity contribution in [1.82, 2.24) is 15.6 Å². The van der Waals surface area contributed by atoms with Crippen molar-refractivity contribution in [2.24, 2.45) is 0 Å². The molecule has 0 aliphatic carbocycles. The van der Waals surface area contributed by atoms with Gasteiger partial charge in [-0.15, -0.1) is 11.3 Å². The highest BCUT2D eigenvalue weighted by atomic mass is 32.1. The number of aromatic nitrogens is 1. The van der Waals surface area contributed by atoms with Gasteiger partial charge in [0.2, 0.25) is 5.91 Å². The number of carbonyl (C=O) groups is 2. The largest absolute Gasteiger partial charge is 0.444 e. The van der Waals surface area contributed by atoms with Crippen LogP contribution in [0.1, 0.15) is 45.3 Å². The first-order valence-corrected chi connectivity index (χ1v) is 8.24. The molecule has 0 atom stereocenters. The number of ether oxygens (including phenoxy) is 1. The molecule has 0 aromatic carbocycles. The van der Waals surface area contributed by atoms with Crippen molar-refractivity contribution >= 4 is 29.4 Å². The Balaban J connectivity index is 2.46. The molecule has 128 valence electrons. The van der Waals surface area contributed by atoms with Crippen LogP contribution < -0.4 is 10.6 Å². The second kappa shape index (κ2) is 7.59. The molecule has 0 saturated heterocycles. The Morgan fingerprint density at radius 2 is 1.96 bits per heavy atom. The number of aryl methyl sites for hydroxylation is 1. The highest BCUT2D eigenvalue weighted by Crippen LogP contribution is 2.10. The summed E-state index contributed by atoms with van der Waals surface area (Å²) in [6.07, 6.45) is 2.59. The van der Waals surface area contributed by atoms with Crippen LogP contribution in [0.5, 0.6) is 0 Å². The lowest BCUT2D eigenvalue weighted by Gasteiger charge is -2.27. The SMILES string of the molecule is Cc1nc(C=CC(=O)NC(C)(C)CNC(=O)OC(C)(C)C)cs1. The fourth-order valence-electron chi connectivity index (χ4n) is 1.64. The number of hydrogen-bond acceptors (Lipinski definition) is 5. The molecule has 2 N–H and O–H groups in total. The van der Waals surface area contributed by atoms with Crippen LogP contribution in [0.3, 0.4) is 0 Å². The van der Waals surface area contributed by atoms with Crippen molar-refractivity contribution in [1.29, 1.82) is 0 Å². The third kappa shape index (κ3) is 8.35. The van der Waals surface area contributed by atoms with Crippen molar-refractivity contribution in [2.45, 2.75) is 52.7 Å². The molecule has 0 aliphatic rings. The predicted octanol–water partition coefficient (Wildman–Crippen LogP) is 2.88. The smallest absolute Gasteiger partial charge is 0.407 e. The van der Waals surface area contributed by atoms with E-state index < -0.39 is 17.2 Å². The molecule has 7 heteroatoms. The quantitative estimate of drug-likeness (QED) is 0.808. The third-order valence-corrected chi connectivity index (χ3v) is 3.37. The predicted molar refractivity (Wildman–Crippen MR) is 92.3 cm³/mol. The van der Waals surface area contributed by atoms with E-state index in [1.165, 1.54) is 17.4 Å². The Morgan fingerprint density at radius 1 is 1.30 bits per heavy atom. The van der Waals surface area contributed by atoms with Crippen molar-refractivity contribution in [3.05, 3.63) is 22.2 Å². The van der Waals surface area contributed by atoms with Gasteiger partial charge in [0, 0.05) is 18.0 Å². The summed E-state index contributed by atoms with van der Waals surface area (Å²) in [6, 6.07) is 0. The van der Waals surface area contributed by atoms with Crippen LogP contribution in [0.25, 0.3) is 6.08 Å². The second-order valence-electron chi connectivity index (χ2n) is 6.85. The molecule has 0 radical (unpaired) electrons. The summed E-state index contributed by atoms with van der Waals surface area (Å²) in [5, 5.41) is 8.32. The minimum atomic E-state index is -0.601. The summed E-state index contributed by atoms with van der Waals surface area (Å²) in [5.41, 5.74) is -0.394. The Hall–Kier alpha value is -1.89. The first-order valence-electron chi connectivity index (χ1n) is 7.36. The average Bonchev–Trinajstić information content (AvgIpc) is 2.78. The van der Waals surface area contributed by atoms with Crippen LogP contribution >= 0.6 is 11.3 Å². The van der Waals surface area contributed by atoms with E-state index in [-0.39, 0.29) is 12.5 Å². The minimum Gasteiger partial charge on any atom is -0.444 e. The van der Waals surface area contributed by atoms with Crippen LogP contribution in [0.2, 0.25) is 0 Å². The summed E-state index contributed by atoms with van der Waals surface area (Å²) in [7, 11) is 0. The standard InChI is InChI=1S/C16H25N3O3S/c1-11-18-12(9-23-11)7-8-13(20)19-16(5,6)10-17-14(21)22-15(2,3)4/h7-9H,10H2,1-6H3,(H,17,21)(H,19,20). The van der Waals surface area contributed by atoms with Gasteiger partial charge in [0.1, 0.15) is 5.60 Å². The summed E-state index contributed by atoms with van der Waals surface area (Å²) in [6.45, 7) is 11.2. The van der Waals surface area contributed by atoms with Gasteiger partial charge in [-0.25, -0.2) is 9.78 Å². The van der Waals surface area contributed by atoms with E-state index in [1.54, 1.807) is 26.8 Å². The summed E-state index contributed by atoms with van der Waals surface area (Å²) >= 11 is 1.53. The lowest BCUT2D eigenvalue weighted by molar-refractivity contribution is -0.117. The zero-order valence-electron chi connectivity index (χ0n) is 14.5. The molecule has 0 saturated carbocycles. The molecule has 0 bridgehead atoms. The highest BCUT2D eigenvalue weighted by molar-refractivity contribution is 7.09. The minimum absolute atomic E-state index is 0.244. The number of carbonyl (C=O) groups excluding carboxylic acids is 2. The fourth-order valence-corrected chi connectivity index (χ4v) is 2.23. The van der Waals surface area contributed by atoms with Crippen LogP contribution in [0.15, 0.2) is 11.5 Å². The molecular weight excluding hydrogens is 314 g/mol. The number of hydrogen-bond donors (Lipinski definition) is 2. The molecule has 0 aliphatic heterocycles. The topological polar surface area (TPSA) is 80.3 Å². The number of alkyl carbamates (subject to hydrolysis) is 1. The lowest BCUT2D eigenvalue weighted by Crippen LogP contribution is -2.51. The van der Waals surface area contributed by atoms with E-state index in [2.05, 4.69) is 15.6 Å². The molecular formula is C16H25N3O3S. The van der Waals surface area contributed by atoms with E-state index in [0.29, 0.717) is 0 Å². The summed E-state index contributed by atoms with van der Waals surface area (Å²) in [5.74, 6) is -0.244. The van der Waals surface area contributed by atoms with Crippen LogP contribution in [0.4, 0.5) is 4.79 Å². The summed E-state index contributed by atoms with van der Waals surface area (Å²) in [4.78, 5) is 27.8. The van der Waals surface area contributed by atoms with Gasteiger partial charge in [-0.3, -0.25) is 4.79 Å². The van der Waals surface area contributed by atoms with Gasteiger partial charge in [0.15, 0.2) is 0 Å². The number of nitrogens with one attached hydrogen (secondary N) is 2. The van der Waals surface area contributed by atoms with Crippen molar-refractivity contribution in [3.8, 4) is 0 Å². The maximum Gasteiger partial charge on any atom is 0.407 e. The monoisotopic (exact) mass is 339 g/mol. The maximum atomic E-state index is 11.9. The van der Waals surface area contributed by atoms with Gasteiger partial charge in [0.05, 0.1) is 16.2 Å². The molecule has 1 rings (SSSR count). The Morgan fingerprint density at radius 3 is 2.48 bits per heavy atom. The van der Waals surface area contributed by atoms with E-state index >= 15 is 0 Å². The van der Waals surface area contributed by atoms with E-state index in [4.69, 9.17) is 4.74 Å². The number of nitrogens with zero attached hydrogens (tertiary/aromatic N) is 1. The van der Waals surface area contributed by atoms with E-state index in [1.807, 2.05) is 26.2 Å². The molecule has 0 fully saturated rings. The summed E-state index contributed by atoms with van der Waals surface area (Å²) < 4.78 is 5.16. The van der Waals surface area contributed by atoms with Gasteiger partial charge < -0.3 is 15.4 Å². The maximum absolute atomic E-state index is 11.9. The first-order chi connectivity index (χ1) is 10.5. The molecule has 1 heterocycles. The van der Waals surface area contributed by atoms with Gasteiger partial charge in [-0.05, 0) is 47.6 Å². The molecule has 23 heavy (non-hydrogen) atoms. The molecule has 0 spiro atoms. The normalized spacial score (nSPS) is 12.3. The molecule has 0 unspecified atom stereocenters. The van der Waals surface area contributed by atoms with Crippen LogP contribution in [0, 0.1) is 6.92 Å². The molecule has 2 amide bonds.